The number of rotatable bonds is 1. The molecule has 0 amide bonds. The Morgan fingerprint density at radius 1 is 1.00 bits per heavy atom. The van der Waals surface area contributed by atoms with Crippen molar-refractivity contribution >= 4 is 18.3 Å². The molecule has 0 radical (unpaired) electrons. The van der Waals surface area contributed by atoms with Crippen molar-refractivity contribution < 1.29 is 13.1 Å². The van der Waals surface area contributed by atoms with Gasteiger partial charge in [0.05, 0.1) is 0 Å². The molecule has 2 aliphatic rings. The first kappa shape index (κ1) is 14.2. The van der Waals surface area contributed by atoms with Gasteiger partial charge < -0.3 is 17.6 Å². The van der Waals surface area contributed by atoms with E-state index in [9.17, 15) is 0 Å². The van der Waals surface area contributed by atoms with Crippen molar-refractivity contribution in [3.8, 4) is 0 Å². The molecule has 0 aliphatic carbocycles. The predicted octanol–water partition coefficient (Wildman–Crippen LogP) is 4.14. The zero-order valence-corrected chi connectivity index (χ0v) is 13.3. The van der Waals surface area contributed by atoms with E-state index >= 15 is 8.63 Å². The largest absolute Gasteiger partial charge is 0.737 e. The highest BCUT2D eigenvalue weighted by Gasteiger charge is 2.53. The number of aromatic nitrogens is 1. The summed E-state index contributed by atoms with van der Waals surface area (Å²) < 4.78 is 33.2. The van der Waals surface area contributed by atoms with Gasteiger partial charge in [-0.05, 0) is 50.2 Å². The van der Waals surface area contributed by atoms with Crippen molar-refractivity contribution in [2.24, 2.45) is 0 Å². The third-order valence-electron chi connectivity index (χ3n) is 4.77. The fourth-order valence-corrected chi connectivity index (χ4v) is 3.86. The first-order chi connectivity index (χ1) is 10.9. The third-order valence-corrected chi connectivity index (χ3v) is 4.77. The molecule has 23 heavy (non-hydrogen) atoms. The number of hydrogen-bond acceptors (Lipinski definition) is 0. The van der Waals surface area contributed by atoms with Gasteiger partial charge in [0.2, 0.25) is 0 Å². The SMILES string of the molecule is CC1=C2C=CC(c3ccccc3)=[N+]2[B-](F)(F)n2c(C)cc(C)c21. The van der Waals surface area contributed by atoms with E-state index in [0.717, 1.165) is 16.7 Å². The van der Waals surface area contributed by atoms with Crippen molar-refractivity contribution in [3.63, 3.8) is 0 Å². The van der Waals surface area contributed by atoms with Gasteiger partial charge in [-0.2, -0.15) is 0 Å². The van der Waals surface area contributed by atoms with Crippen molar-refractivity contribution in [3.05, 3.63) is 76.8 Å². The van der Waals surface area contributed by atoms with Crippen molar-refractivity contribution in [1.82, 2.24) is 4.48 Å². The molecule has 4 rings (SSSR count). The average Bonchev–Trinajstić information content (AvgIpc) is 3.09. The highest BCUT2D eigenvalue weighted by molar-refractivity contribution is 6.58. The molecular formula is C18H17BF2N2. The van der Waals surface area contributed by atoms with Crippen LogP contribution in [-0.2, 0) is 0 Å². The molecule has 3 heterocycles. The van der Waals surface area contributed by atoms with Crippen LogP contribution in [0.5, 0.6) is 0 Å². The number of hydrogen-bond donors (Lipinski definition) is 0. The van der Waals surface area contributed by atoms with E-state index in [4.69, 9.17) is 0 Å². The van der Waals surface area contributed by atoms with E-state index in [1.807, 2.05) is 50.2 Å². The lowest BCUT2D eigenvalue weighted by Crippen LogP contribution is -2.51. The summed E-state index contributed by atoms with van der Waals surface area (Å²) in [6.45, 7) is 1.65. The van der Waals surface area contributed by atoms with Gasteiger partial charge in [0.25, 0.3) is 0 Å². The monoisotopic (exact) mass is 310 g/mol. The van der Waals surface area contributed by atoms with E-state index in [2.05, 4.69) is 0 Å². The summed E-state index contributed by atoms with van der Waals surface area (Å²) in [5.41, 5.74) is 5.00. The summed E-state index contributed by atoms with van der Waals surface area (Å²) in [7, 11) is 0. The molecule has 0 saturated carbocycles. The van der Waals surface area contributed by atoms with Gasteiger partial charge in [0.1, 0.15) is 0 Å². The van der Waals surface area contributed by atoms with Gasteiger partial charge in [0, 0.05) is 29.0 Å². The second-order valence-electron chi connectivity index (χ2n) is 6.24. The average molecular weight is 310 g/mol. The Labute approximate surface area is 134 Å². The highest BCUT2D eigenvalue weighted by Crippen LogP contribution is 2.39. The number of nitrogens with zero attached hydrogens (tertiary/aromatic N) is 2. The van der Waals surface area contributed by atoms with Crippen molar-refractivity contribution in [2.45, 2.75) is 20.8 Å². The van der Waals surface area contributed by atoms with Crippen LogP contribution in [0, 0.1) is 13.8 Å². The highest BCUT2D eigenvalue weighted by atomic mass is 19.2. The summed E-state index contributed by atoms with van der Waals surface area (Å²) in [5, 5.41) is 0. The van der Waals surface area contributed by atoms with E-state index in [1.165, 1.54) is 8.96 Å². The van der Waals surface area contributed by atoms with Gasteiger partial charge >= 0.3 is 6.97 Å². The second-order valence-corrected chi connectivity index (χ2v) is 6.24. The third kappa shape index (κ3) is 1.76. The fourth-order valence-electron chi connectivity index (χ4n) is 3.86. The molecule has 0 atom stereocenters. The van der Waals surface area contributed by atoms with E-state index in [-0.39, 0.29) is 0 Å². The lowest BCUT2D eigenvalue weighted by molar-refractivity contribution is -0.361. The smallest absolute Gasteiger partial charge is 0.394 e. The quantitative estimate of drug-likeness (QED) is 0.699. The molecule has 0 bridgehead atoms. The molecule has 5 heteroatoms. The molecule has 0 fully saturated rings. The molecule has 2 aliphatic heterocycles. The van der Waals surface area contributed by atoms with Crippen LogP contribution < -0.4 is 0 Å². The Kier molecular flexibility index (Phi) is 2.80. The molecule has 116 valence electrons. The zero-order chi connectivity index (χ0) is 16.4. The van der Waals surface area contributed by atoms with Gasteiger partial charge in [-0.3, -0.25) is 0 Å². The molecule has 0 spiro atoms. The van der Waals surface area contributed by atoms with E-state index in [0.29, 0.717) is 22.8 Å². The van der Waals surface area contributed by atoms with E-state index < -0.39 is 6.97 Å². The van der Waals surface area contributed by atoms with Crippen LogP contribution in [0.25, 0.3) is 5.57 Å². The summed E-state index contributed by atoms with van der Waals surface area (Å²) in [4.78, 5) is 0. The maximum Gasteiger partial charge on any atom is 0.737 e. The standard InChI is InChI=1S/C18H17BF2N2/c1-12-11-13(2)22-18(12)14(3)16-9-10-17(23(16)19(22,20)21)15-7-5-4-6-8-15/h4-11H,1-3H3. The zero-order valence-electron chi connectivity index (χ0n) is 13.3. The fraction of sp³-hybridized carbons (Fsp3) is 0.167. The first-order valence-electron chi connectivity index (χ1n) is 7.75. The van der Waals surface area contributed by atoms with Crippen LogP contribution in [0.15, 0.2) is 54.2 Å². The molecular weight excluding hydrogens is 293 g/mol. The molecule has 2 aromatic rings. The van der Waals surface area contributed by atoms with Crippen LogP contribution in [0.1, 0.15) is 29.4 Å². The number of benzene rings is 1. The predicted molar refractivity (Wildman–Crippen MR) is 89.8 cm³/mol. The number of halogens is 2. The van der Waals surface area contributed by atoms with Crippen molar-refractivity contribution in [2.75, 3.05) is 0 Å². The van der Waals surface area contributed by atoms with Crippen LogP contribution in [0.2, 0.25) is 0 Å². The van der Waals surface area contributed by atoms with E-state index in [1.54, 1.807) is 19.1 Å². The van der Waals surface area contributed by atoms with Crippen LogP contribution in [0.3, 0.4) is 0 Å². The summed E-state index contributed by atoms with van der Waals surface area (Å²) in [6.07, 6.45) is 3.60. The maximum atomic E-state index is 15.4. The first-order valence-corrected chi connectivity index (χ1v) is 7.75. The number of allylic oxidation sites excluding steroid dienone is 3. The number of fused-ring (bicyclic) bond motifs is 2. The maximum absolute atomic E-state index is 15.4. The van der Waals surface area contributed by atoms with Gasteiger partial charge in [-0.15, -0.1) is 0 Å². The summed E-state index contributed by atoms with van der Waals surface area (Å²) in [6, 6.07) is 11.2. The molecule has 0 unspecified atom stereocenters. The Hall–Kier alpha value is -2.43. The Balaban J connectivity index is 2.08. The number of aryl methyl sites for hydroxylation is 2. The Morgan fingerprint density at radius 2 is 1.70 bits per heavy atom. The van der Waals surface area contributed by atoms with Gasteiger partial charge in [-0.25, -0.2) is 0 Å². The lowest BCUT2D eigenvalue weighted by Gasteiger charge is -2.32. The normalized spacial score (nSPS) is 18.5. The van der Waals surface area contributed by atoms with Gasteiger partial charge in [-0.1, -0.05) is 18.2 Å². The lowest BCUT2D eigenvalue weighted by atomic mass is 9.87. The van der Waals surface area contributed by atoms with Crippen LogP contribution >= 0.6 is 0 Å². The molecule has 2 nitrogen and oxygen atoms in total. The second kappa shape index (κ2) is 4.54. The molecule has 0 saturated heterocycles. The minimum absolute atomic E-state index is 0.557. The summed E-state index contributed by atoms with van der Waals surface area (Å²) in [5.74, 6) is 0. The molecule has 0 N–H and O–H groups in total. The molecule has 1 aromatic carbocycles. The minimum atomic E-state index is -3.91. The van der Waals surface area contributed by atoms with Crippen LogP contribution in [-0.4, -0.2) is 21.6 Å². The summed E-state index contributed by atoms with van der Waals surface area (Å²) >= 11 is 0. The molecule has 1 aromatic heterocycles. The minimum Gasteiger partial charge on any atom is -0.394 e. The topological polar surface area (TPSA) is 7.94 Å². The Bertz CT molecular complexity index is 918. The van der Waals surface area contributed by atoms with Gasteiger partial charge in [0.15, 0.2) is 11.4 Å². The van der Waals surface area contributed by atoms with Crippen molar-refractivity contribution in [1.29, 1.82) is 0 Å². The Morgan fingerprint density at radius 3 is 2.39 bits per heavy atom. The van der Waals surface area contributed by atoms with Crippen LogP contribution in [0.4, 0.5) is 8.63 Å².